The van der Waals surface area contributed by atoms with Gasteiger partial charge in [0, 0.05) is 5.69 Å². The molecule has 1 heterocycles. The molecule has 0 spiro atoms. The molecule has 28 heavy (non-hydrogen) atoms. The van der Waals surface area contributed by atoms with Crippen molar-refractivity contribution in [2.24, 2.45) is 5.92 Å². The summed E-state index contributed by atoms with van der Waals surface area (Å²) in [4.78, 5) is 16.5. The number of methoxy groups -OCH3 is 1. The van der Waals surface area contributed by atoms with Gasteiger partial charge in [0.05, 0.1) is 28.8 Å². The maximum absolute atomic E-state index is 12.4. The zero-order valence-corrected chi connectivity index (χ0v) is 17.4. The number of anilines is 2. The number of nitrogens with one attached hydrogen (secondary N) is 2. The number of rotatable bonds is 6. The molecule has 2 N–H and O–H groups in total. The summed E-state index contributed by atoms with van der Waals surface area (Å²) >= 11 is 1.11. The predicted octanol–water partition coefficient (Wildman–Crippen LogP) is 4.38. The van der Waals surface area contributed by atoms with Crippen LogP contribution in [0.4, 0.5) is 16.2 Å². The fraction of sp³-hybridized carbons (Fsp3) is 0.263. The third kappa shape index (κ3) is 4.60. The fourth-order valence-electron chi connectivity index (χ4n) is 2.66. The molecule has 7 nitrogen and oxygen atoms in total. The first kappa shape index (κ1) is 20.1. The molecule has 2 aromatic carbocycles. The van der Waals surface area contributed by atoms with Gasteiger partial charge in [0.1, 0.15) is 5.75 Å². The molecule has 0 saturated carbocycles. The van der Waals surface area contributed by atoms with Crippen LogP contribution in [0.2, 0.25) is 0 Å². The van der Waals surface area contributed by atoms with Crippen molar-refractivity contribution in [1.82, 2.24) is 4.98 Å². The summed E-state index contributed by atoms with van der Waals surface area (Å²) in [6.07, 6.45) is 0. The summed E-state index contributed by atoms with van der Waals surface area (Å²) in [6, 6.07) is 11.7. The second-order valence-corrected chi connectivity index (χ2v) is 9.86. The average molecular weight is 420 g/mol. The second kappa shape index (κ2) is 8.15. The van der Waals surface area contributed by atoms with Crippen molar-refractivity contribution in [1.29, 1.82) is 0 Å². The fourth-order valence-corrected chi connectivity index (χ4v) is 5.63. The molecule has 3 aromatic rings. The van der Waals surface area contributed by atoms with Gasteiger partial charge in [-0.3, -0.25) is 0 Å². The van der Waals surface area contributed by atoms with Crippen molar-refractivity contribution in [3.8, 4) is 5.75 Å². The van der Waals surface area contributed by atoms with E-state index in [2.05, 4.69) is 15.6 Å². The Bertz CT molecular complexity index is 1110. The third-order valence-electron chi connectivity index (χ3n) is 3.80. The molecule has 148 valence electrons. The number of carbonyl (C=O) groups excluding carboxylic acids is 1. The molecule has 9 heteroatoms. The topological polar surface area (TPSA) is 97.4 Å². The van der Waals surface area contributed by atoms with E-state index in [1.54, 1.807) is 36.4 Å². The van der Waals surface area contributed by atoms with Gasteiger partial charge in [0.25, 0.3) is 0 Å². The highest BCUT2D eigenvalue weighted by molar-refractivity contribution is 7.93. The number of thiazole rings is 1. The first-order chi connectivity index (χ1) is 13.3. The molecule has 1 aromatic heterocycles. The van der Waals surface area contributed by atoms with E-state index in [9.17, 15) is 13.2 Å². The van der Waals surface area contributed by atoms with Crippen molar-refractivity contribution in [2.45, 2.75) is 18.2 Å². The highest BCUT2D eigenvalue weighted by Crippen LogP contribution is 2.29. The van der Waals surface area contributed by atoms with E-state index in [-0.39, 0.29) is 16.0 Å². The van der Waals surface area contributed by atoms with Crippen LogP contribution in [0.25, 0.3) is 10.2 Å². The number of amides is 2. The van der Waals surface area contributed by atoms with Gasteiger partial charge in [-0.1, -0.05) is 26.0 Å². The van der Waals surface area contributed by atoms with Crippen molar-refractivity contribution in [3.05, 3.63) is 42.5 Å². The SMILES string of the molecule is COc1ccccc1NC(=O)Nc1ccc2nc(S(=O)(=O)CC(C)C)sc2c1. The summed E-state index contributed by atoms with van der Waals surface area (Å²) in [5.74, 6) is 0.627. The van der Waals surface area contributed by atoms with Crippen LogP contribution in [0.1, 0.15) is 13.8 Å². The summed E-state index contributed by atoms with van der Waals surface area (Å²) < 4.78 is 30.8. The van der Waals surface area contributed by atoms with E-state index in [1.165, 1.54) is 7.11 Å². The van der Waals surface area contributed by atoms with E-state index in [0.29, 0.717) is 27.3 Å². The van der Waals surface area contributed by atoms with E-state index >= 15 is 0 Å². The molecular formula is C19H21N3O4S2. The van der Waals surface area contributed by atoms with Crippen molar-refractivity contribution < 1.29 is 17.9 Å². The first-order valence-corrected chi connectivity index (χ1v) is 11.1. The molecule has 2 amide bonds. The summed E-state index contributed by atoms with van der Waals surface area (Å²) in [7, 11) is -1.88. The Kier molecular flexibility index (Phi) is 5.85. The van der Waals surface area contributed by atoms with Crippen LogP contribution in [0.3, 0.4) is 0 Å². The molecule has 0 bridgehead atoms. The largest absolute Gasteiger partial charge is 0.495 e. The maximum Gasteiger partial charge on any atom is 0.323 e. The van der Waals surface area contributed by atoms with E-state index < -0.39 is 15.9 Å². The number of para-hydroxylation sites is 2. The Morgan fingerprint density at radius 3 is 2.64 bits per heavy atom. The number of fused-ring (bicyclic) bond motifs is 1. The van der Waals surface area contributed by atoms with Crippen molar-refractivity contribution >= 4 is 48.8 Å². The normalized spacial score (nSPS) is 11.6. The lowest BCUT2D eigenvalue weighted by molar-refractivity contribution is 0.262. The third-order valence-corrected chi connectivity index (χ3v) is 7.35. The zero-order chi connectivity index (χ0) is 20.3. The smallest absolute Gasteiger partial charge is 0.323 e. The maximum atomic E-state index is 12.4. The van der Waals surface area contributed by atoms with Gasteiger partial charge in [0.15, 0.2) is 0 Å². The Balaban J connectivity index is 1.78. The van der Waals surface area contributed by atoms with Crippen molar-refractivity contribution in [2.75, 3.05) is 23.5 Å². The number of carbonyl (C=O) groups is 1. The van der Waals surface area contributed by atoms with Crippen LogP contribution in [0, 0.1) is 5.92 Å². The summed E-state index contributed by atoms with van der Waals surface area (Å²) in [5.41, 5.74) is 1.67. The van der Waals surface area contributed by atoms with Crippen LogP contribution in [0.5, 0.6) is 5.75 Å². The van der Waals surface area contributed by atoms with Gasteiger partial charge in [-0.2, -0.15) is 0 Å². The Morgan fingerprint density at radius 2 is 1.93 bits per heavy atom. The summed E-state index contributed by atoms with van der Waals surface area (Å²) in [5, 5.41) is 5.46. The Hall–Kier alpha value is -2.65. The average Bonchev–Trinajstić information content (AvgIpc) is 3.05. The lowest BCUT2D eigenvalue weighted by Crippen LogP contribution is -2.19. The van der Waals surface area contributed by atoms with Crippen molar-refractivity contribution in [3.63, 3.8) is 0 Å². The molecular weight excluding hydrogens is 398 g/mol. The van der Waals surface area contributed by atoms with Gasteiger partial charge < -0.3 is 15.4 Å². The zero-order valence-electron chi connectivity index (χ0n) is 15.7. The molecule has 0 radical (unpaired) electrons. The molecule has 0 aliphatic rings. The van der Waals surface area contributed by atoms with E-state index in [4.69, 9.17) is 4.74 Å². The lowest BCUT2D eigenvalue weighted by atomic mass is 10.3. The van der Waals surface area contributed by atoms with Gasteiger partial charge in [0.2, 0.25) is 14.2 Å². The van der Waals surface area contributed by atoms with E-state index in [0.717, 1.165) is 11.3 Å². The first-order valence-electron chi connectivity index (χ1n) is 8.63. The number of ether oxygens (including phenoxy) is 1. The number of nitrogens with zero attached hydrogens (tertiary/aromatic N) is 1. The monoisotopic (exact) mass is 419 g/mol. The molecule has 3 rings (SSSR count). The van der Waals surface area contributed by atoms with Crippen LogP contribution < -0.4 is 15.4 Å². The second-order valence-electron chi connectivity index (χ2n) is 6.62. The van der Waals surface area contributed by atoms with Crippen LogP contribution in [0.15, 0.2) is 46.8 Å². The van der Waals surface area contributed by atoms with Gasteiger partial charge >= 0.3 is 6.03 Å². The number of sulfone groups is 1. The molecule has 0 saturated heterocycles. The highest BCUT2D eigenvalue weighted by Gasteiger charge is 2.21. The highest BCUT2D eigenvalue weighted by atomic mass is 32.2. The number of hydrogen-bond donors (Lipinski definition) is 2. The molecule has 0 fully saturated rings. The lowest BCUT2D eigenvalue weighted by Gasteiger charge is -2.10. The minimum atomic E-state index is -3.41. The minimum absolute atomic E-state index is 0.0212. The molecule has 0 unspecified atom stereocenters. The number of aromatic nitrogens is 1. The Morgan fingerprint density at radius 1 is 1.18 bits per heavy atom. The van der Waals surface area contributed by atoms with Gasteiger partial charge in [-0.05, 0) is 36.2 Å². The van der Waals surface area contributed by atoms with Crippen LogP contribution in [-0.4, -0.2) is 32.3 Å². The van der Waals surface area contributed by atoms with Gasteiger partial charge in [-0.25, -0.2) is 18.2 Å². The Labute approximate surface area is 167 Å². The molecule has 0 aliphatic heterocycles. The number of benzene rings is 2. The standard InChI is InChI=1S/C19H21N3O4S2/c1-12(2)11-28(24,25)19-22-15-9-8-13(10-17(15)27-19)20-18(23)21-14-6-4-5-7-16(14)26-3/h4-10,12H,11H2,1-3H3,(H2,20,21,23). The molecule has 0 aliphatic carbocycles. The number of hydrogen-bond acceptors (Lipinski definition) is 6. The van der Waals surface area contributed by atoms with Crippen LogP contribution in [-0.2, 0) is 9.84 Å². The summed E-state index contributed by atoms with van der Waals surface area (Å²) in [6.45, 7) is 3.71. The molecule has 0 atom stereocenters. The van der Waals surface area contributed by atoms with Gasteiger partial charge in [-0.15, -0.1) is 11.3 Å². The van der Waals surface area contributed by atoms with Crippen LogP contribution >= 0.6 is 11.3 Å². The predicted molar refractivity (Wildman–Crippen MR) is 112 cm³/mol. The number of urea groups is 1. The minimum Gasteiger partial charge on any atom is -0.495 e. The quantitative estimate of drug-likeness (QED) is 0.618. The van der Waals surface area contributed by atoms with E-state index in [1.807, 2.05) is 19.9 Å².